The zero-order chi connectivity index (χ0) is 18.4. The van der Waals surface area contributed by atoms with Gasteiger partial charge in [0.1, 0.15) is 5.69 Å². The number of thiazole rings is 1. The Balaban J connectivity index is 1.73. The molecule has 2 heterocycles. The molecule has 1 saturated heterocycles. The molecule has 3 atom stereocenters. The number of likely N-dealkylation sites (tertiary alicyclic amines) is 1. The van der Waals surface area contributed by atoms with Crippen molar-refractivity contribution < 1.29 is 4.79 Å². The number of benzene rings is 1. The third kappa shape index (κ3) is 3.05. The van der Waals surface area contributed by atoms with Crippen LogP contribution in [0.3, 0.4) is 0 Å². The van der Waals surface area contributed by atoms with E-state index in [2.05, 4.69) is 4.98 Å². The van der Waals surface area contributed by atoms with Crippen LogP contribution in [0.4, 0.5) is 0 Å². The molecule has 0 spiro atoms. The molecule has 1 saturated carbocycles. The minimum absolute atomic E-state index is 0.000252. The Hall–Kier alpha value is -1.14. The zero-order valence-corrected chi connectivity index (χ0v) is 16.9. The molecule has 26 heavy (non-hydrogen) atoms. The second-order valence-electron chi connectivity index (χ2n) is 7.14. The van der Waals surface area contributed by atoms with Crippen LogP contribution in [0.15, 0.2) is 18.2 Å². The standard InChI is InChI=1S/C19H21Cl2N3OS/c1-10-23-17(18(26-10)12-5-6-14(20)15(21)8-12)19(25)24-13(9-22)7-11-3-2-4-16(11)24/h5-6,8,11,13,16H,2-4,7,9,22H2,1H3/t11-,13-,16-/m0/s1. The Bertz CT molecular complexity index is 853. The van der Waals surface area contributed by atoms with Crippen LogP contribution in [-0.2, 0) is 0 Å². The molecule has 4 rings (SSSR count). The number of halogens is 2. The fourth-order valence-corrected chi connectivity index (χ4v) is 5.65. The molecular weight excluding hydrogens is 389 g/mol. The average molecular weight is 410 g/mol. The number of nitrogens with two attached hydrogens (primary N) is 1. The van der Waals surface area contributed by atoms with Gasteiger partial charge in [0.15, 0.2) is 0 Å². The summed E-state index contributed by atoms with van der Waals surface area (Å²) < 4.78 is 0. The third-order valence-electron chi connectivity index (χ3n) is 5.57. The normalized spacial score (nSPS) is 24.9. The lowest BCUT2D eigenvalue weighted by atomic mass is 10.0. The fourth-order valence-electron chi connectivity index (χ4n) is 4.45. The summed E-state index contributed by atoms with van der Waals surface area (Å²) in [7, 11) is 0. The van der Waals surface area contributed by atoms with Crippen molar-refractivity contribution in [3.8, 4) is 10.4 Å². The molecule has 1 aliphatic carbocycles. The highest BCUT2D eigenvalue weighted by Crippen LogP contribution is 2.43. The lowest BCUT2D eigenvalue weighted by Gasteiger charge is -2.29. The number of rotatable bonds is 3. The SMILES string of the molecule is Cc1nc(C(=O)N2[C@H](CN)C[C@@H]3CCC[C@@H]32)c(-c2ccc(Cl)c(Cl)c2)s1. The van der Waals surface area contributed by atoms with Gasteiger partial charge in [0.25, 0.3) is 5.91 Å². The Morgan fingerprint density at radius 3 is 2.88 bits per heavy atom. The Kier molecular flexibility index (Phi) is 4.99. The van der Waals surface area contributed by atoms with Crippen molar-refractivity contribution in [2.45, 2.75) is 44.7 Å². The van der Waals surface area contributed by atoms with Crippen molar-refractivity contribution in [1.82, 2.24) is 9.88 Å². The monoisotopic (exact) mass is 409 g/mol. The molecule has 4 nitrogen and oxygen atoms in total. The predicted octanol–water partition coefficient (Wildman–Crippen LogP) is 4.77. The quantitative estimate of drug-likeness (QED) is 0.793. The first kappa shape index (κ1) is 18.2. The zero-order valence-electron chi connectivity index (χ0n) is 14.5. The maximum Gasteiger partial charge on any atom is 0.274 e. The van der Waals surface area contributed by atoms with Gasteiger partial charge in [-0.3, -0.25) is 4.79 Å². The maximum atomic E-state index is 13.5. The van der Waals surface area contributed by atoms with E-state index in [0.717, 1.165) is 28.3 Å². The number of amides is 1. The lowest BCUT2D eigenvalue weighted by Crippen LogP contribution is -2.44. The van der Waals surface area contributed by atoms with Gasteiger partial charge in [-0.05, 0) is 49.8 Å². The molecule has 1 aromatic carbocycles. The van der Waals surface area contributed by atoms with E-state index in [1.165, 1.54) is 24.2 Å². The summed E-state index contributed by atoms with van der Waals surface area (Å²) in [6.07, 6.45) is 4.46. The van der Waals surface area contributed by atoms with Gasteiger partial charge in [-0.15, -0.1) is 11.3 Å². The van der Waals surface area contributed by atoms with Crippen molar-refractivity contribution in [2.75, 3.05) is 6.54 Å². The second kappa shape index (κ2) is 7.12. The number of hydrogen-bond donors (Lipinski definition) is 1. The second-order valence-corrected chi connectivity index (χ2v) is 9.15. The van der Waals surface area contributed by atoms with Gasteiger partial charge < -0.3 is 10.6 Å². The van der Waals surface area contributed by atoms with Crippen LogP contribution >= 0.6 is 34.5 Å². The molecule has 2 aromatic rings. The topological polar surface area (TPSA) is 59.2 Å². The molecular formula is C19H21Cl2N3OS. The molecule has 2 N–H and O–H groups in total. The molecule has 1 aliphatic heterocycles. The highest BCUT2D eigenvalue weighted by atomic mass is 35.5. The number of carbonyl (C=O) groups excluding carboxylic acids is 1. The van der Waals surface area contributed by atoms with Crippen LogP contribution in [0.25, 0.3) is 10.4 Å². The molecule has 2 aliphatic rings. The summed E-state index contributed by atoms with van der Waals surface area (Å²) in [4.78, 5) is 20.9. The molecule has 0 radical (unpaired) electrons. The summed E-state index contributed by atoms with van der Waals surface area (Å²) >= 11 is 13.7. The van der Waals surface area contributed by atoms with Crippen LogP contribution in [-0.4, -0.2) is 34.4 Å². The van der Waals surface area contributed by atoms with E-state index < -0.39 is 0 Å². The fraction of sp³-hybridized carbons (Fsp3) is 0.474. The van der Waals surface area contributed by atoms with Crippen molar-refractivity contribution in [3.63, 3.8) is 0 Å². The summed E-state index contributed by atoms with van der Waals surface area (Å²) in [6.45, 7) is 2.43. The molecule has 1 aromatic heterocycles. The van der Waals surface area contributed by atoms with Crippen molar-refractivity contribution in [2.24, 2.45) is 11.7 Å². The number of carbonyl (C=O) groups is 1. The summed E-state index contributed by atoms with van der Waals surface area (Å²) in [5.41, 5.74) is 7.38. The molecule has 2 fully saturated rings. The summed E-state index contributed by atoms with van der Waals surface area (Å²) in [6, 6.07) is 5.87. The van der Waals surface area contributed by atoms with Crippen LogP contribution in [0.2, 0.25) is 10.0 Å². The van der Waals surface area contributed by atoms with E-state index in [9.17, 15) is 4.79 Å². The Morgan fingerprint density at radius 1 is 1.35 bits per heavy atom. The van der Waals surface area contributed by atoms with E-state index in [-0.39, 0.29) is 11.9 Å². The largest absolute Gasteiger partial charge is 0.330 e. The number of nitrogens with zero attached hydrogens (tertiary/aromatic N) is 2. The van der Waals surface area contributed by atoms with Gasteiger partial charge in [-0.1, -0.05) is 35.7 Å². The molecule has 0 unspecified atom stereocenters. The van der Waals surface area contributed by atoms with Crippen LogP contribution < -0.4 is 5.73 Å². The van der Waals surface area contributed by atoms with Gasteiger partial charge in [0, 0.05) is 18.6 Å². The van der Waals surface area contributed by atoms with Crippen LogP contribution in [0.1, 0.15) is 41.2 Å². The minimum atomic E-state index is 0.000252. The molecule has 7 heteroatoms. The van der Waals surface area contributed by atoms with Gasteiger partial charge in [-0.2, -0.15) is 0 Å². The number of fused-ring (bicyclic) bond motifs is 1. The highest BCUT2D eigenvalue weighted by Gasteiger charge is 2.46. The van der Waals surface area contributed by atoms with Gasteiger partial charge in [-0.25, -0.2) is 4.98 Å². The molecule has 138 valence electrons. The Labute approximate surface area is 167 Å². The van der Waals surface area contributed by atoms with Crippen molar-refractivity contribution >= 4 is 40.4 Å². The molecule has 1 amide bonds. The summed E-state index contributed by atoms with van der Waals surface area (Å²) in [5, 5.41) is 1.84. The van der Waals surface area contributed by atoms with Crippen LogP contribution in [0.5, 0.6) is 0 Å². The Morgan fingerprint density at radius 2 is 2.15 bits per heavy atom. The third-order valence-corrected chi connectivity index (χ3v) is 7.33. The van der Waals surface area contributed by atoms with E-state index in [4.69, 9.17) is 28.9 Å². The maximum absolute atomic E-state index is 13.5. The van der Waals surface area contributed by atoms with Crippen LogP contribution in [0, 0.1) is 12.8 Å². The number of aryl methyl sites for hydroxylation is 1. The van der Waals surface area contributed by atoms with E-state index >= 15 is 0 Å². The van der Waals surface area contributed by atoms with E-state index in [1.807, 2.05) is 17.9 Å². The van der Waals surface area contributed by atoms with Gasteiger partial charge >= 0.3 is 0 Å². The average Bonchev–Trinajstić information content (AvgIpc) is 3.30. The first-order valence-electron chi connectivity index (χ1n) is 8.95. The van der Waals surface area contributed by atoms with Gasteiger partial charge in [0.2, 0.25) is 0 Å². The van der Waals surface area contributed by atoms with Crippen molar-refractivity contribution in [3.05, 3.63) is 38.9 Å². The molecule has 0 bridgehead atoms. The first-order chi connectivity index (χ1) is 12.5. The summed E-state index contributed by atoms with van der Waals surface area (Å²) in [5.74, 6) is 0.584. The van der Waals surface area contributed by atoms with E-state index in [1.54, 1.807) is 12.1 Å². The lowest BCUT2D eigenvalue weighted by molar-refractivity contribution is 0.0660. The predicted molar refractivity (Wildman–Crippen MR) is 107 cm³/mol. The van der Waals surface area contributed by atoms with Gasteiger partial charge in [0.05, 0.1) is 19.9 Å². The number of hydrogen-bond acceptors (Lipinski definition) is 4. The van der Waals surface area contributed by atoms with Crippen molar-refractivity contribution in [1.29, 1.82) is 0 Å². The minimum Gasteiger partial charge on any atom is -0.330 e. The van der Waals surface area contributed by atoms with E-state index in [0.29, 0.717) is 34.2 Å². The number of aromatic nitrogens is 1. The smallest absolute Gasteiger partial charge is 0.274 e. The first-order valence-corrected chi connectivity index (χ1v) is 10.5. The highest BCUT2D eigenvalue weighted by molar-refractivity contribution is 7.15.